The lowest BCUT2D eigenvalue weighted by molar-refractivity contribution is 0.0990. The number of carbonyl (C=O) groups is 1. The van der Waals surface area contributed by atoms with Crippen molar-refractivity contribution in [3.63, 3.8) is 0 Å². The zero-order valence-corrected chi connectivity index (χ0v) is 12.2. The maximum Gasteiger partial charge on any atom is 0.174 e. The van der Waals surface area contributed by atoms with Gasteiger partial charge in [0.05, 0.1) is 4.88 Å². The van der Waals surface area contributed by atoms with Crippen LogP contribution in [0.1, 0.15) is 41.4 Å². The second-order valence-electron chi connectivity index (χ2n) is 4.82. The fourth-order valence-corrected chi connectivity index (χ4v) is 2.73. The molecule has 0 saturated heterocycles. The summed E-state index contributed by atoms with van der Waals surface area (Å²) in [6.07, 6.45) is 0.535. The van der Waals surface area contributed by atoms with Gasteiger partial charge in [-0.3, -0.25) is 4.79 Å². The number of anilines is 1. The van der Waals surface area contributed by atoms with E-state index in [-0.39, 0.29) is 5.78 Å². The number of rotatable bonds is 6. The van der Waals surface area contributed by atoms with Crippen molar-refractivity contribution < 1.29 is 4.79 Å². The summed E-state index contributed by atoms with van der Waals surface area (Å²) >= 11 is 1.51. The maximum atomic E-state index is 11.9. The van der Waals surface area contributed by atoms with Crippen molar-refractivity contribution in [2.24, 2.45) is 0 Å². The molecule has 2 nitrogen and oxygen atoms in total. The van der Waals surface area contributed by atoms with Gasteiger partial charge < -0.3 is 5.32 Å². The molecule has 100 valence electrons. The summed E-state index contributed by atoms with van der Waals surface area (Å²) in [4.78, 5) is 12.7. The molecule has 2 aromatic rings. The van der Waals surface area contributed by atoms with E-state index in [1.54, 1.807) is 0 Å². The number of benzene rings is 1. The minimum atomic E-state index is 0.213. The monoisotopic (exact) mass is 273 g/mol. The summed E-state index contributed by atoms with van der Waals surface area (Å²) in [5.41, 5.74) is 2.43. The molecule has 1 heterocycles. The molecular weight excluding hydrogens is 254 g/mol. The molecule has 0 bridgehead atoms. The molecule has 2 rings (SSSR count). The summed E-state index contributed by atoms with van der Waals surface area (Å²) in [6, 6.07) is 12.1. The predicted octanol–water partition coefficient (Wildman–Crippen LogP) is 4.56. The molecule has 0 saturated carbocycles. The van der Waals surface area contributed by atoms with Gasteiger partial charge in [0.15, 0.2) is 5.78 Å². The van der Waals surface area contributed by atoms with E-state index in [1.807, 2.05) is 23.6 Å². The Morgan fingerprint density at radius 3 is 2.68 bits per heavy atom. The molecule has 1 aromatic heterocycles. The molecule has 0 atom stereocenters. The molecule has 0 unspecified atom stereocenters. The maximum absolute atomic E-state index is 11.9. The van der Waals surface area contributed by atoms with Crippen LogP contribution in [0.3, 0.4) is 0 Å². The topological polar surface area (TPSA) is 29.1 Å². The van der Waals surface area contributed by atoms with Gasteiger partial charge in [-0.15, -0.1) is 11.3 Å². The fraction of sp³-hybridized carbons (Fsp3) is 0.312. The van der Waals surface area contributed by atoms with Crippen LogP contribution in [0.25, 0.3) is 0 Å². The molecule has 0 aliphatic heterocycles. The van der Waals surface area contributed by atoms with Crippen molar-refractivity contribution >= 4 is 22.8 Å². The Balaban J connectivity index is 1.91. The lowest BCUT2D eigenvalue weighted by Crippen LogP contribution is -2.09. The fourth-order valence-electron chi connectivity index (χ4n) is 2.03. The quantitative estimate of drug-likeness (QED) is 0.782. The third-order valence-corrected chi connectivity index (χ3v) is 3.96. The molecule has 3 heteroatoms. The lowest BCUT2D eigenvalue weighted by atomic mass is 10.0. The van der Waals surface area contributed by atoms with E-state index in [2.05, 4.69) is 37.4 Å². The number of hydrogen-bond donors (Lipinski definition) is 1. The summed E-state index contributed by atoms with van der Waals surface area (Å²) in [6.45, 7) is 5.04. The predicted molar refractivity (Wildman–Crippen MR) is 82.3 cm³/mol. The second-order valence-corrected chi connectivity index (χ2v) is 5.77. The van der Waals surface area contributed by atoms with Crippen molar-refractivity contribution in [1.29, 1.82) is 0 Å². The van der Waals surface area contributed by atoms with Crippen LogP contribution in [0.2, 0.25) is 0 Å². The largest absolute Gasteiger partial charge is 0.384 e. The second kappa shape index (κ2) is 6.53. The normalized spacial score (nSPS) is 10.7. The first-order valence-electron chi connectivity index (χ1n) is 6.58. The van der Waals surface area contributed by atoms with Crippen molar-refractivity contribution in [3.05, 3.63) is 52.2 Å². The van der Waals surface area contributed by atoms with Crippen molar-refractivity contribution in [2.45, 2.75) is 26.2 Å². The Hall–Kier alpha value is -1.61. The number of Topliss-reactive ketones (excluding diaryl/α,β-unsaturated/α-hetero) is 1. The first-order chi connectivity index (χ1) is 9.18. The Bertz CT molecular complexity index is 531. The number of thiophene rings is 1. The minimum Gasteiger partial charge on any atom is -0.384 e. The number of nitrogens with one attached hydrogen (secondary N) is 1. The molecule has 1 N–H and O–H groups in total. The molecule has 1 aromatic carbocycles. The average Bonchev–Trinajstić information content (AvgIpc) is 2.93. The number of ketones is 1. The third-order valence-electron chi connectivity index (χ3n) is 3.05. The van der Waals surface area contributed by atoms with Crippen LogP contribution in [0, 0.1) is 0 Å². The summed E-state index contributed by atoms with van der Waals surface area (Å²) in [7, 11) is 0. The number of carbonyl (C=O) groups excluding carboxylic acids is 1. The first kappa shape index (κ1) is 13.8. The van der Waals surface area contributed by atoms with E-state index in [4.69, 9.17) is 0 Å². The Morgan fingerprint density at radius 2 is 2.00 bits per heavy atom. The molecule has 19 heavy (non-hydrogen) atoms. The number of hydrogen-bond acceptors (Lipinski definition) is 3. The van der Waals surface area contributed by atoms with Crippen LogP contribution in [0.15, 0.2) is 41.8 Å². The van der Waals surface area contributed by atoms with E-state index in [0.29, 0.717) is 18.9 Å². The van der Waals surface area contributed by atoms with Gasteiger partial charge in [0, 0.05) is 18.7 Å². The van der Waals surface area contributed by atoms with Crippen LogP contribution in [-0.2, 0) is 0 Å². The van der Waals surface area contributed by atoms with E-state index >= 15 is 0 Å². The van der Waals surface area contributed by atoms with E-state index < -0.39 is 0 Å². The molecule has 0 aliphatic rings. The van der Waals surface area contributed by atoms with Crippen LogP contribution >= 0.6 is 11.3 Å². The first-order valence-corrected chi connectivity index (χ1v) is 7.46. The lowest BCUT2D eigenvalue weighted by Gasteiger charge is -2.14. The summed E-state index contributed by atoms with van der Waals surface area (Å²) in [5, 5.41) is 5.31. The van der Waals surface area contributed by atoms with Crippen LogP contribution < -0.4 is 5.32 Å². The van der Waals surface area contributed by atoms with Gasteiger partial charge in [-0.05, 0) is 29.0 Å². The van der Waals surface area contributed by atoms with Crippen LogP contribution in [0.4, 0.5) is 5.69 Å². The third kappa shape index (κ3) is 3.67. The number of para-hydroxylation sites is 1. The van der Waals surface area contributed by atoms with Crippen molar-refractivity contribution in [1.82, 2.24) is 0 Å². The Morgan fingerprint density at radius 1 is 1.21 bits per heavy atom. The van der Waals surface area contributed by atoms with E-state index in [1.165, 1.54) is 16.9 Å². The van der Waals surface area contributed by atoms with Gasteiger partial charge in [-0.1, -0.05) is 38.1 Å². The highest BCUT2D eigenvalue weighted by atomic mass is 32.1. The Kier molecular flexibility index (Phi) is 4.74. The van der Waals surface area contributed by atoms with Gasteiger partial charge in [0.2, 0.25) is 0 Å². The van der Waals surface area contributed by atoms with Crippen molar-refractivity contribution in [3.8, 4) is 0 Å². The molecule has 0 amide bonds. The summed E-state index contributed by atoms with van der Waals surface area (Å²) < 4.78 is 0. The van der Waals surface area contributed by atoms with Crippen LogP contribution in [-0.4, -0.2) is 12.3 Å². The molecular formula is C16H19NOS. The molecule has 0 aliphatic carbocycles. The standard InChI is InChI=1S/C16H19NOS/c1-12(2)13-6-3-4-7-14(13)17-10-9-15(18)16-8-5-11-19-16/h3-8,11-12,17H,9-10H2,1-2H3. The summed E-state index contributed by atoms with van der Waals surface area (Å²) in [5.74, 6) is 0.696. The highest BCUT2D eigenvalue weighted by molar-refractivity contribution is 7.12. The SMILES string of the molecule is CC(C)c1ccccc1NCCC(=O)c1cccs1. The van der Waals surface area contributed by atoms with Gasteiger partial charge in [0.1, 0.15) is 0 Å². The zero-order chi connectivity index (χ0) is 13.7. The highest BCUT2D eigenvalue weighted by Crippen LogP contribution is 2.23. The van der Waals surface area contributed by atoms with Gasteiger partial charge >= 0.3 is 0 Å². The molecule has 0 radical (unpaired) electrons. The van der Waals surface area contributed by atoms with Gasteiger partial charge in [-0.25, -0.2) is 0 Å². The van der Waals surface area contributed by atoms with Crippen molar-refractivity contribution in [2.75, 3.05) is 11.9 Å². The van der Waals surface area contributed by atoms with E-state index in [0.717, 1.165) is 10.6 Å². The average molecular weight is 273 g/mol. The minimum absolute atomic E-state index is 0.213. The highest BCUT2D eigenvalue weighted by Gasteiger charge is 2.08. The molecule has 0 fully saturated rings. The smallest absolute Gasteiger partial charge is 0.174 e. The zero-order valence-electron chi connectivity index (χ0n) is 11.3. The van der Waals surface area contributed by atoms with Gasteiger partial charge in [-0.2, -0.15) is 0 Å². The van der Waals surface area contributed by atoms with Crippen LogP contribution in [0.5, 0.6) is 0 Å². The van der Waals surface area contributed by atoms with E-state index in [9.17, 15) is 4.79 Å². The Labute approximate surface area is 118 Å². The van der Waals surface area contributed by atoms with Gasteiger partial charge in [0.25, 0.3) is 0 Å². The molecule has 0 spiro atoms.